The fourth-order valence-electron chi connectivity index (χ4n) is 1.87. The molecule has 2 aromatic carbocycles. The van der Waals surface area contributed by atoms with E-state index < -0.39 is 0 Å². The molecule has 2 aromatic rings. The molecule has 0 spiro atoms. The van der Waals surface area contributed by atoms with Crippen LogP contribution in [-0.2, 0) is 4.79 Å². The molecule has 2 rings (SSSR count). The van der Waals surface area contributed by atoms with E-state index in [0.717, 1.165) is 5.56 Å². The van der Waals surface area contributed by atoms with Crippen molar-refractivity contribution in [3.63, 3.8) is 0 Å². The van der Waals surface area contributed by atoms with Crippen molar-refractivity contribution in [1.29, 1.82) is 0 Å². The Bertz CT molecular complexity index is 650. The van der Waals surface area contributed by atoms with Crippen molar-refractivity contribution >= 4 is 17.4 Å². The molecule has 4 heteroatoms. The first-order chi connectivity index (χ1) is 10.1. The number of hydrogen-bond acceptors (Lipinski definition) is 3. The first-order valence-corrected chi connectivity index (χ1v) is 6.65. The normalized spacial score (nSPS) is 10.0. The summed E-state index contributed by atoms with van der Waals surface area (Å²) in [6.07, 6.45) is 0. The molecule has 0 saturated carbocycles. The molecular formula is C17H17NO3. The fourth-order valence-corrected chi connectivity index (χ4v) is 1.87. The number of carbonyl (C=O) groups is 2. The van der Waals surface area contributed by atoms with Crippen LogP contribution in [-0.4, -0.2) is 18.3 Å². The summed E-state index contributed by atoms with van der Waals surface area (Å²) >= 11 is 0. The highest BCUT2D eigenvalue weighted by Crippen LogP contribution is 2.17. The zero-order valence-corrected chi connectivity index (χ0v) is 12.1. The molecule has 0 heterocycles. The zero-order chi connectivity index (χ0) is 15.2. The van der Waals surface area contributed by atoms with E-state index in [4.69, 9.17) is 4.74 Å². The summed E-state index contributed by atoms with van der Waals surface area (Å²) in [6.45, 7) is 3.30. The summed E-state index contributed by atoms with van der Waals surface area (Å²) in [5.41, 5.74) is 2.16. The van der Waals surface area contributed by atoms with Crippen LogP contribution in [0.2, 0.25) is 0 Å². The molecule has 0 bridgehead atoms. The maximum absolute atomic E-state index is 11.9. The number of amides is 1. The standard InChI is InChI=1S/C17H17NO3/c1-12-10-14(13(2)19)8-9-16(12)18-17(20)11-21-15-6-4-3-5-7-15/h3-10H,11H2,1-2H3,(H,18,20). The molecule has 21 heavy (non-hydrogen) atoms. The van der Waals surface area contributed by atoms with E-state index in [1.54, 1.807) is 30.3 Å². The molecule has 0 aliphatic rings. The largest absolute Gasteiger partial charge is 0.484 e. The van der Waals surface area contributed by atoms with Gasteiger partial charge in [-0.1, -0.05) is 18.2 Å². The van der Waals surface area contributed by atoms with E-state index >= 15 is 0 Å². The number of aryl methyl sites for hydroxylation is 1. The van der Waals surface area contributed by atoms with Crippen LogP contribution in [0.4, 0.5) is 5.69 Å². The van der Waals surface area contributed by atoms with E-state index in [1.807, 2.05) is 25.1 Å². The van der Waals surface area contributed by atoms with E-state index in [2.05, 4.69) is 5.32 Å². The highest BCUT2D eigenvalue weighted by Gasteiger charge is 2.07. The molecule has 0 unspecified atom stereocenters. The second-order valence-electron chi connectivity index (χ2n) is 4.74. The van der Waals surface area contributed by atoms with Gasteiger partial charge in [-0.05, 0) is 49.7 Å². The third-order valence-corrected chi connectivity index (χ3v) is 3.02. The topological polar surface area (TPSA) is 55.4 Å². The van der Waals surface area contributed by atoms with Gasteiger partial charge in [-0.3, -0.25) is 9.59 Å². The third kappa shape index (κ3) is 4.18. The number of rotatable bonds is 5. The minimum atomic E-state index is -0.238. The quantitative estimate of drug-likeness (QED) is 0.857. The third-order valence-electron chi connectivity index (χ3n) is 3.02. The monoisotopic (exact) mass is 283 g/mol. The number of ether oxygens (including phenoxy) is 1. The number of carbonyl (C=O) groups excluding carboxylic acids is 2. The van der Waals surface area contributed by atoms with Gasteiger partial charge in [0.05, 0.1) is 0 Å². The van der Waals surface area contributed by atoms with Crippen molar-refractivity contribution in [2.45, 2.75) is 13.8 Å². The molecule has 0 aliphatic heterocycles. The van der Waals surface area contributed by atoms with Gasteiger partial charge in [0.2, 0.25) is 0 Å². The smallest absolute Gasteiger partial charge is 0.262 e. The minimum absolute atomic E-state index is 0.00314. The van der Waals surface area contributed by atoms with Gasteiger partial charge in [0.1, 0.15) is 5.75 Å². The molecule has 0 saturated heterocycles. The maximum Gasteiger partial charge on any atom is 0.262 e. The van der Waals surface area contributed by atoms with Crippen LogP contribution in [0.5, 0.6) is 5.75 Å². The van der Waals surface area contributed by atoms with Crippen molar-refractivity contribution < 1.29 is 14.3 Å². The molecule has 0 fully saturated rings. The van der Waals surface area contributed by atoms with Gasteiger partial charge >= 0.3 is 0 Å². The van der Waals surface area contributed by atoms with Crippen molar-refractivity contribution in [3.05, 3.63) is 59.7 Å². The lowest BCUT2D eigenvalue weighted by Gasteiger charge is -2.10. The Balaban J connectivity index is 1.95. The van der Waals surface area contributed by atoms with Crippen LogP contribution in [0.15, 0.2) is 48.5 Å². The van der Waals surface area contributed by atoms with Crippen LogP contribution >= 0.6 is 0 Å². The summed E-state index contributed by atoms with van der Waals surface area (Å²) in [5.74, 6) is 0.414. The fraction of sp³-hybridized carbons (Fsp3) is 0.176. The molecule has 0 aromatic heterocycles. The SMILES string of the molecule is CC(=O)c1ccc(NC(=O)COc2ccccc2)c(C)c1. The van der Waals surface area contributed by atoms with Crippen molar-refractivity contribution in [2.75, 3.05) is 11.9 Å². The van der Waals surface area contributed by atoms with Crippen LogP contribution in [0.3, 0.4) is 0 Å². The lowest BCUT2D eigenvalue weighted by molar-refractivity contribution is -0.118. The van der Waals surface area contributed by atoms with Gasteiger partial charge in [0.25, 0.3) is 5.91 Å². The summed E-state index contributed by atoms with van der Waals surface area (Å²) in [7, 11) is 0. The molecule has 1 amide bonds. The Morgan fingerprint density at radius 1 is 1.10 bits per heavy atom. The first-order valence-electron chi connectivity index (χ1n) is 6.65. The Morgan fingerprint density at radius 2 is 1.81 bits per heavy atom. The zero-order valence-electron chi connectivity index (χ0n) is 12.1. The highest BCUT2D eigenvalue weighted by atomic mass is 16.5. The maximum atomic E-state index is 11.9. The molecule has 1 N–H and O–H groups in total. The van der Waals surface area contributed by atoms with Gasteiger partial charge in [-0.15, -0.1) is 0 Å². The summed E-state index contributed by atoms with van der Waals surface area (Å²) in [6, 6.07) is 14.3. The van der Waals surface area contributed by atoms with E-state index in [9.17, 15) is 9.59 Å². The number of hydrogen-bond donors (Lipinski definition) is 1. The number of Topliss-reactive ketones (excluding diaryl/α,β-unsaturated/α-hetero) is 1. The van der Waals surface area contributed by atoms with E-state index in [0.29, 0.717) is 17.0 Å². The average molecular weight is 283 g/mol. The molecule has 108 valence electrons. The minimum Gasteiger partial charge on any atom is -0.484 e. The lowest BCUT2D eigenvalue weighted by Crippen LogP contribution is -2.20. The van der Waals surface area contributed by atoms with Gasteiger partial charge < -0.3 is 10.1 Å². The molecular weight excluding hydrogens is 266 g/mol. The summed E-state index contributed by atoms with van der Waals surface area (Å²) in [5, 5.41) is 2.77. The van der Waals surface area contributed by atoms with Crippen LogP contribution in [0.25, 0.3) is 0 Å². The van der Waals surface area contributed by atoms with Crippen LogP contribution in [0, 0.1) is 6.92 Å². The van der Waals surface area contributed by atoms with Crippen molar-refractivity contribution in [3.8, 4) is 5.75 Å². The predicted octanol–water partition coefficient (Wildman–Crippen LogP) is 3.22. The molecule has 0 radical (unpaired) electrons. The predicted molar refractivity (Wildman–Crippen MR) is 81.8 cm³/mol. The highest BCUT2D eigenvalue weighted by molar-refractivity contribution is 5.96. The van der Waals surface area contributed by atoms with Crippen molar-refractivity contribution in [2.24, 2.45) is 0 Å². The molecule has 0 aliphatic carbocycles. The van der Waals surface area contributed by atoms with Gasteiger partial charge in [0, 0.05) is 11.3 Å². The van der Waals surface area contributed by atoms with Gasteiger partial charge in [-0.2, -0.15) is 0 Å². The Kier molecular flexibility index (Phi) is 4.72. The van der Waals surface area contributed by atoms with Gasteiger partial charge in [-0.25, -0.2) is 0 Å². The van der Waals surface area contributed by atoms with Crippen molar-refractivity contribution in [1.82, 2.24) is 0 Å². The second-order valence-corrected chi connectivity index (χ2v) is 4.74. The number of ketones is 1. The first kappa shape index (κ1) is 14.8. The number of benzene rings is 2. The van der Waals surface area contributed by atoms with Crippen LogP contribution < -0.4 is 10.1 Å². The Hall–Kier alpha value is -2.62. The Labute approximate surface area is 123 Å². The number of anilines is 1. The van der Waals surface area contributed by atoms with Gasteiger partial charge in [0.15, 0.2) is 12.4 Å². The lowest BCUT2D eigenvalue weighted by atomic mass is 10.1. The molecule has 4 nitrogen and oxygen atoms in total. The summed E-state index contributed by atoms with van der Waals surface area (Å²) < 4.78 is 5.38. The Morgan fingerprint density at radius 3 is 2.43 bits per heavy atom. The van der Waals surface area contributed by atoms with E-state index in [1.165, 1.54) is 6.92 Å². The average Bonchev–Trinajstić information content (AvgIpc) is 2.48. The van der Waals surface area contributed by atoms with Crippen LogP contribution in [0.1, 0.15) is 22.8 Å². The number of nitrogens with one attached hydrogen (secondary N) is 1. The molecule has 0 atom stereocenters. The second kappa shape index (κ2) is 6.70. The number of para-hydroxylation sites is 1. The summed E-state index contributed by atoms with van der Waals surface area (Å²) in [4.78, 5) is 23.1. The van der Waals surface area contributed by atoms with E-state index in [-0.39, 0.29) is 18.3 Å².